The van der Waals surface area contributed by atoms with Crippen LogP contribution < -0.4 is 81.4 Å². The average Bonchev–Trinajstić information content (AvgIpc) is 3.77. The molecule has 0 bridgehead atoms. The number of nitrogens with zero attached hydrogens (tertiary/aromatic N) is 1. The highest BCUT2D eigenvalue weighted by Gasteiger charge is 2.21. The van der Waals surface area contributed by atoms with Gasteiger partial charge in [0.25, 0.3) is 0 Å². The average molecular weight is 877 g/mol. The van der Waals surface area contributed by atoms with Crippen molar-refractivity contribution < 1.29 is 4.42 Å². The number of benzene rings is 10. The van der Waals surface area contributed by atoms with E-state index in [0.717, 1.165) is 61.3 Å². The topological polar surface area (TPSA) is 16.4 Å². The van der Waals surface area contributed by atoms with Crippen molar-refractivity contribution in [1.29, 1.82) is 0 Å². The first kappa shape index (κ1) is 47.5. The minimum atomic E-state index is 0.105. The van der Waals surface area contributed by atoms with Gasteiger partial charge in [-0.1, -0.05) is 133 Å². The fraction of sp³-hybridized carbons (Fsp3) is 0. The van der Waals surface area contributed by atoms with Crippen LogP contribution in [0.2, 0.25) is 0 Å². The molecule has 0 amide bonds. The molecule has 0 unspecified atom stereocenters. The lowest BCUT2D eigenvalue weighted by molar-refractivity contribution is 0.669. The van der Waals surface area contributed by atoms with Gasteiger partial charge in [-0.15, -0.1) is 21.9 Å². The van der Waals surface area contributed by atoms with Gasteiger partial charge in [0, 0.05) is 27.8 Å². The Balaban J connectivity index is 1.00. The SMILES string of the molecule is [B]c1c([B])c([B])c2c([B])c(-c3ccc(N(c4ccc(-c5cccc(-c6ccc7c(c6)oc6ccccc67)c5)cc4)c4ccc(-c5c([B])c([B])c6c([B])c([B])c([B])c([B])c6c5[B])cc4)cc3)c([B])c([B])c2c1[B]. The van der Waals surface area contributed by atoms with Crippen molar-refractivity contribution in [3.05, 3.63) is 140 Å². The molecule has 11 rings (SSSR count). The van der Waals surface area contributed by atoms with Gasteiger partial charge in [0.05, 0.1) is 0 Å². The summed E-state index contributed by atoms with van der Waals surface area (Å²) in [5, 5.41) is 3.61. The minimum absolute atomic E-state index is 0.105. The molecule has 11 aromatic rings. The molecule has 0 aliphatic carbocycles. The van der Waals surface area contributed by atoms with E-state index in [-0.39, 0.29) is 76.5 Å². The Morgan fingerprint density at radius 2 is 0.597 bits per heavy atom. The largest absolute Gasteiger partial charge is 0.456 e. The van der Waals surface area contributed by atoms with E-state index < -0.39 is 0 Å². The van der Waals surface area contributed by atoms with Crippen molar-refractivity contribution in [3.63, 3.8) is 0 Å². The second-order valence-corrected chi connectivity index (χ2v) is 17.9. The monoisotopic (exact) mass is 879 g/mol. The number of furan rings is 1. The maximum absolute atomic E-state index is 6.85. The Kier molecular flexibility index (Phi) is 11.9. The van der Waals surface area contributed by atoms with Gasteiger partial charge in [0.1, 0.15) is 121 Å². The van der Waals surface area contributed by atoms with E-state index in [0.29, 0.717) is 43.8 Å². The second-order valence-electron chi connectivity index (χ2n) is 17.9. The zero-order valence-corrected chi connectivity index (χ0v) is 38.7. The molecule has 0 aliphatic rings. The molecule has 1 heterocycles. The number of fused-ring (bicyclic) bond motifs is 5. The van der Waals surface area contributed by atoms with Crippen molar-refractivity contribution in [2.75, 3.05) is 4.90 Å². The zero-order valence-electron chi connectivity index (χ0n) is 38.7. The Morgan fingerprint density at radius 3 is 1.06 bits per heavy atom. The van der Waals surface area contributed by atoms with Crippen LogP contribution in [0.3, 0.4) is 0 Å². The van der Waals surface area contributed by atoms with Crippen molar-refractivity contribution in [2.45, 2.75) is 0 Å². The molecule has 300 valence electrons. The van der Waals surface area contributed by atoms with Crippen LogP contribution in [0, 0.1) is 0 Å². The molecule has 0 saturated carbocycles. The Morgan fingerprint density at radius 1 is 0.250 bits per heavy atom. The van der Waals surface area contributed by atoms with E-state index in [4.69, 9.17) is 114 Å². The van der Waals surface area contributed by atoms with Crippen molar-refractivity contribution >= 4 is 247 Å². The smallest absolute Gasteiger partial charge is 0.136 e. The van der Waals surface area contributed by atoms with E-state index in [9.17, 15) is 0 Å². The summed E-state index contributed by atoms with van der Waals surface area (Å²) in [4.78, 5) is 2.10. The van der Waals surface area contributed by atoms with Crippen LogP contribution >= 0.6 is 0 Å². The van der Waals surface area contributed by atoms with Crippen LogP contribution in [0.1, 0.15) is 0 Å². The van der Waals surface area contributed by atoms with Crippen molar-refractivity contribution in [3.8, 4) is 44.5 Å². The van der Waals surface area contributed by atoms with Gasteiger partial charge in [-0.05, 0) is 127 Å². The normalized spacial score (nSPS) is 11.6. The maximum atomic E-state index is 6.85. The van der Waals surface area contributed by atoms with Gasteiger partial charge in [0.2, 0.25) is 0 Å². The van der Waals surface area contributed by atoms with Gasteiger partial charge in [-0.3, -0.25) is 0 Å². The van der Waals surface area contributed by atoms with E-state index in [1.54, 1.807) is 0 Å². The van der Waals surface area contributed by atoms with Gasteiger partial charge in [0.15, 0.2) is 0 Å². The summed E-state index contributed by atoms with van der Waals surface area (Å²) >= 11 is 0. The molecule has 0 N–H and O–H groups in total. The Labute approximate surface area is 437 Å². The molecule has 28 radical (unpaired) electrons. The Hall–Kier alpha value is -6.77. The predicted molar refractivity (Wildman–Crippen MR) is 321 cm³/mol. The van der Waals surface area contributed by atoms with Crippen molar-refractivity contribution in [2.24, 2.45) is 0 Å². The molecule has 0 saturated heterocycles. The summed E-state index contributed by atoms with van der Waals surface area (Å²) in [6.45, 7) is 0. The van der Waals surface area contributed by atoms with Crippen LogP contribution in [-0.4, -0.2) is 110 Å². The first-order valence-electron chi connectivity index (χ1n) is 22.7. The molecule has 2 nitrogen and oxygen atoms in total. The van der Waals surface area contributed by atoms with Crippen LogP contribution in [0.4, 0.5) is 17.1 Å². The lowest BCUT2D eigenvalue weighted by Gasteiger charge is -2.28. The fourth-order valence-corrected chi connectivity index (χ4v) is 10.1. The second kappa shape index (κ2) is 18.1. The number of hydrogen-bond donors (Lipinski definition) is 0. The molecular weight excluding hydrogens is 854 g/mol. The highest BCUT2D eigenvalue weighted by molar-refractivity contribution is 6.73. The van der Waals surface area contributed by atoms with E-state index in [1.165, 1.54) is 0 Å². The van der Waals surface area contributed by atoms with E-state index >= 15 is 0 Å². The minimum Gasteiger partial charge on any atom is -0.456 e. The van der Waals surface area contributed by atoms with Gasteiger partial charge in [-0.25, -0.2) is 0 Å². The third kappa shape index (κ3) is 7.46. The number of para-hydroxylation sites is 1. The maximum Gasteiger partial charge on any atom is 0.136 e. The quantitative estimate of drug-likeness (QED) is 0.194. The molecule has 72 heavy (non-hydrogen) atoms. The van der Waals surface area contributed by atoms with Crippen molar-refractivity contribution in [1.82, 2.24) is 0 Å². The van der Waals surface area contributed by atoms with Gasteiger partial charge >= 0.3 is 0 Å². The summed E-state index contributed by atoms with van der Waals surface area (Å²) in [6, 6.07) is 46.6. The standard InChI is InChI=1S/C56H23B14NO/c57-43-37(45(59)47(61)41-39(43)49(63)53(67)55(69)51(41)65)25-10-17-31(18-11-25)71(32-19-12-26(13-20-32)38-44(58)40-42(48(62)46(38)60)52(66)56(70)54(68)50(40)64)30-15-8-24(9-16-30)27-4-3-5-28(22-27)29-14-21-34-33-6-1-2-7-35(33)72-36(34)23-29/h1-23H. The van der Waals surface area contributed by atoms with E-state index in [1.807, 2.05) is 66.7 Å². The van der Waals surface area contributed by atoms with Crippen LogP contribution in [0.5, 0.6) is 0 Å². The number of hydrogen-bond acceptors (Lipinski definition) is 2. The lowest BCUT2D eigenvalue weighted by Crippen LogP contribution is -2.52. The molecule has 0 aliphatic heterocycles. The number of rotatable bonds is 7. The summed E-state index contributed by atoms with van der Waals surface area (Å²) in [7, 11) is 91.1. The van der Waals surface area contributed by atoms with Crippen LogP contribution in [0.15, 0.2) is 144 Å². The molecular formula is C56H23B14NO. The van der Waals surface area contributed by atoms with Crippen LogP contribution in [-0.2, 0) is 0 Å². The zero-order chi connectivity index (χ0) is 50.6. The number of anilines is 3. The molecule has 1 aromatic heterocycles. The fourth-order valence-electron chi connectivity index (χ4n) is 10.1. The third-order valence-corrected chi connectivity index (χ3v) is 13.9. The molecule has 10 aromatic carbocycles. The summed E-state index contributed by atoms with van der Waals surface area (Å²) in [6.07, 6.45) is 0. The highest BCUT2D eigenvalue weighted by atomic mass is 16.3. The summed E-state index contributed by atoms with van der Waals surface area (Å²) < 4.78 is 6.22. The molecule has 0 fully saturated rings. The summed E-state index contributed by atoms with van der Waals surface area (Å²) in [5.41, 5.74) is 12.9. The molecule has 16 heteroatoms. The van der Waals surface area contributed by atoms with E-state index in [2.05, 4.69) is 77.7 Å². The Bertz CT molecular complexity index is 3910. The summed E-state index contributed by atoms with van der Waals surface area (Å²) in [5.74, 6) is 0. The first-order valence-corrected chi connectivity index (χ1v) is 22.7. The van der Waals surface area contributed by atoms with Crippen LogP contribution in [0.25, 0.3) is 88.0 Å². The third-order valence-electron chi connectivity index (χ3n) is 13.9. The highest BCUT2D eigenvalue weighted by Crippen LogP contribution is 2.39. The predicted octanol–water partition coefficient (Wildman–Crippen LogP) is -0.857. The first-order chi connectivity index (χ1) is 34.5. The molecule has 0 spiro atoms. The van der Waals surface area contributed by atoms with Gasteiger partial charge in [-0.2, -0.15) is 0 Å². The van der Waals surface area contributed by atoms with Gasteiger partial charge < -0.3 is 9.32 Å². The molecule has 0 atom stereocenters. The lowest BCUT2D eigenvalue weighted by atomic mass is 9.58.